The minimum Gasteiger partial charge on any atom is -0.232 e. The van der Waals surface area contributed by atoms with Crippen molar-refractivity contribution in [3.63, 3.8) is 0 Å². The van der Waals surface area contributed by atoms with E-state index in [0.717, 1.165) is 15.0 Å². The van der Waals surface area contributed by atoms with Crippen LogP contribution in [0.3, 0.4) is 0 Å². The standard InChI is InChI=1S/C9H5BrNS/c10-9-8(11-6-12-9)7-4-2-1-3-5-7/h1-5H. The summed E-state index contributed by atoms with van der Waals surface area (Å²) in [7, 11) is 0. The topological polar surface area (TPSA) is 12.9 Å². The van der Waals surface area contributed by atoms with Crippen LogP contribution in [0, 0.1) is 5.51 Å². The second-order valence-electron chi connectivity index (χ2n) is 2.29. The van der Waals surface area contributed by atoms with Crippen LogP contribution in [0.25, 0.3) is 11.3 Å². The molecule has 0 N–H and O–H groups in total. The van der Waals surface area contributed by atoms with E-state index in [9.17, 15) is 0 Å². The molecule has 0 aliphatic heterocycles. The van der Waals surface area contributed by atoms with Gasteiger partial charge in [-0.05, 0) is 15.9 Å². The number of halogens is 1. The van der Waals surface area contributed by atoms with E-state index in [1.807, 2.05) is 30.3 Å². The minimum absolute atomic E-state index is 0.973. The summed E-state index contributed by atoms with van der Waals surface area (Å²) in [5.41, 5.74) is 4.94. The van der Waals surface area contributed by atoms with Gasteiger partial charge in [0.25, 0.3) is 0 Å². The van der Waals surface area contributed by atoms with Crippen molar-refractivity contribution in [2.45, 2.75) is 0 Å². The Bertz CT molecular complexity index is 369. The van der Waals surface area contributed by atoms with Gasteiger partial charge < -0.3 is 0 Å². The van der Waals surface area contributed by atoms with E-state index in [0.29, 0.717) is 0 Å². The first-order valence-electron chi connectivity index (χ1n) is 3.46. The van der Waals surface area contributed by atoms with Crippen molar-refractivity contribution < 1.29 is 0 Å². The second-order valence-corrected chi connectivity index (χ2v) is 4.41. The summed E-state index contributed by atoms with van der Waals surface area (Å²) in [4.78, 5) is 4.13. The molecule has 0 saturated carbocycles. The van der Waals surface area contributed by atoms with Crippen LogP contribution >= 0.6 is 27.3 Å². The van der Waals surface area contributed by atoms with Crippen molar-refractivity contribution in [3.8, 4) is 11.3 Å². The second kappa shape index (κ2) is 3.37. The monoisotopic (exact) mass is 238 g/mol. The Morgan fingerprint density at radius 1 is 1.25 bits per heavy atom. The largest absolute Gasteiger partial charge is 0.232 e. The first-order chi connectivity index (χ1) is 5.88. The van der Waals surface area contributed by atoms with Crippen LogP contribution in [0.15, 0.2) is 34.1 Å². The lowest BCUT2D eigenvalue weighted by Crippen LogP contribution is -1.75. The molecule has 12 heavy (non-hydrogen) atoms. The predicted molar refractivity (Wildman–Crippen MR) is 54.1 cm³/mol. The molecule has 1 aromatic carbocycles. The van der Waals surface area contributed by atoms with Crippen LogP contribution in [-0.4, -0.2) is 4.98 Å². The summed E-state index contributed by atoms with van der Waals surface area (Å²) in [6, 6.07) is 10.1. The Morgan fingerprint density at radius 2 is 2.00 bits per heavy atom. The van der Waals surface area contributed by atoms with E-state index in [-0.39, 0.29) is 0 Å². The van der Waals surface area contributed by atoms with E-state index < -0.39 is 0 Å². The molecular weight excluding hydrogens is 234 g/mol. The van der Waals surface area contributed by atoms with Gasteiger partial charge in [0.1, 0.15) is 0 Å². The average Bonchev–Trinajstić information content (AvgIpc) is 2.53. The SMILES string of the molecule is Brc1s[c]nc1-c1ccccc1. The molecule has 0 fully saturated rings. The highest BCUT2D eigenvalue weighted by atomic mass is 79.9. The Hall–Kier alpha value is -0.670. The molecule has 0 unspecified atom stereocenters. The number of hydrogen-bond acceptors (Lipinski definition) is 2. The lowest BCUT2D eigenvalue weighted by molar-refractivity contribution is 1.39. The maximum Gasteiger partial charge on any atom is 0.154 e. The zero-order valence-corrected chi connectivity index (χ0v) is 8.52. The van der Waals surface area contributed by atoms with Gasteiger partial charge >= 0.3 is 0 Å². The smallest absolute Gasteiger partial charge is 0.154 e. The van der Waals surface area contributed by atoms with Crippen molar-refractivity contribution in [2.75, 3.05) is 0 Å². The van der Waals surface area contributed by atoms with Gasteiger partial charge in [-0.2, -0.15) is 0 Å². The molecule has 0 bridgehead atoms. The first-order valence-corrected chi connectivity index (χ1v) is 5.06. The number of aromatic nitrogens is 1. The maximum atomic E-state index is 4.13. The van der Waals surface area contributed by atoms with Crippen LogP contribution in [-0.2, 0) is 0 Å². The van der Waals surface area contributed by atoms with Crippen LogP contribution in [0.1, 0.15) is 0 Å². The molecule has 0 amide bonds. The molecule has 2 aromatic rings. The number of benzene rings is 1. The molecule has 2 rings (SSSR count). The number of hydrogen-bond donors (Lipinski definition) is 0. The molecule has 0 aliphatic rings. The quantitative estimate of drug-likeness (QED) is 0.743. The molecule has 0 saturated heterocycles. The Balaban J connectivity index is 2.51. The third-order valence-electron chi connectivity index (χ3n) is 1.53. The minimum atomic E-state index is 0.973. The molecule has 0 spiro atoms. The highest BCUT2D eigenvalue weighted by Gasteiger charge is 2.04. The van der Waals surface area contributed by atoms with Gasteiger partial charge in [0, 0.05) is 5.56 Å². The van der Waals surface area contributed by atoms with Crippen LogP contribution in [0.4, 0.5) is 0 Å². The summed E-state index contributed by atoms with van der Waals surface area (Å²) in [6.07, 6.45) is 0. The fraction of sp³-hybridized carbons (Fsp3) is 0. The molecule has 0 aliphatic carbocycles. The van der Waals surface area contributed by atoms with Crippen LogP contribution < -0.4 is 0 Å². The van der Waals surface area contributed by atoms with Crippen molar-refractivity contribution in [1.82, 2.24) is 4.98 Å². The normalized spacial score (nSPS) is 10.1. The van der Waals surface area contributed by atoms with Gasteiger partial charge in [-0.3, -0.25) is 0 Å². The van der Waals surface area contributed by atoms with E-state index in [1.54, 1.807) is 0 Å². The first kappa shape index (κ1) is 7.95. The van der Waals surface area contributed by atoms with E-state index in [1.165, 1.54) is 11.3 Å². The predicted octanol–water partition coefficient (Wildman–Crippen LogP) is 3.37. The zero-order chi connectivity index (χ0) is 8.39. The number of thiazole rings is 1. The van der Waals surface area contributed by atoms with Gasteiger partial charge in [-0.25, -0.2) is 4.98 Å². The third-order valence-corrected chi connectivity index (χ3v) is 2.94. The van der Waals surface area contributed by atoms with Crippen molar-refractivity contribution in [3.05, 3.63) is 39.6 Å². The summed E-state index contributed by atoms with van der Waals surface area (Å²) < 4.78 is 1.04. The van der Waals surface area contributed by atoms with Crippen molar-refractivity contribution >= 4 is 27.3 Å². The molecule has 3 heteroatoms. The fourth-order valence-electron chi connectivity index (χ4n) is 0.975. The lowest BCUT2D eigenvalue weighted by Gasteiger charge is -1.94. The molecule has 1 aromatic heterocycles. The molecular formula is C9H5BrNS. The van der Waals surface area contributed by atoms with Crippen molar-refractivity contribution in [2.24, 2.45) is 0 Å². The summed E-state index contributed by atoms with van der Waals surface area (Å²) in [6.45, 7) is 0. The highest BCUT2D eigenvalue weighted by Crippen LogP contribution is 2.29. The van der Waals surface area contributed by atoms with Gasteiger partial charge in [-0.15, -0.1) is 11.3 Å². The summed E-state index contributed by atoms with van der Waals surface area (Å²) >= 11 is 4.91. The number of rotatable bonds is 1. The Labute approximate surface area is 83.2 Å². The molecule has 0 atom stereocenters. The summed E-state index contributed by atoms with van der Waals surface area (Å²) in [5.74, 6) is 0. The molecule has 59 valence electrons. The zero-order valence-electron chi connectivity index (χ0n) is 6.12. The molecule has 1 radical (unpaired) electrons. The van der Waals surface area contributed by atoms with Crippen LogP contribution in [0.5, 0.6) is 0 Å². The average molecular weight is 239 g/mol. The fourth-order valence-corrected chi connectivity index (χ4v) is 1.99. The number of nitrogens with zero attached hydrogens (tertiary/aromatic N) is 1. The summed E-state index contributed by atoms with van der Waals surface area (Å²) in [5, 5.41) is 0. The van der Waals surface area contributed by atoms with E-state index >= 15 is 0 Å². The maximum absolute atomic E-state index is 4.13. The molecule has 1 nitrogen and oxygen atoms in total. The Morgan fingerprint density at radius 3 is 2.58 bits per heavy atom. The lowest BCUT2D eigenvalue weighted by atomic mass is 10.2. The third kappa shape index (κ3) is 1.42. The highest BCUT2D eigenvalue weighted by molar-refractivity contribution is 9.11. The van der Waals surface area contributed by atoms with E-state index in [4.69, 9.17) is 0 Å². The Kier molecular flexibility index (Phi) is 2.23. The van der Waals surface area contributed by atoms with Gasteiger partial charge in [-0.1, -0.05) is 30.3 Å². The van der Waals surface area contributed by atoms with Gasteiger partial charge in [0.15, 0.2) is 5.51 Å². The van der Waals surface area contributed by atoms with Crippen molar-refractivity contribution in [1.29, 1.82) is 0 Å². The van der Waals surface area contributed by atoms with Gasteiger partial charge in [0.05, 0.1) is 9.48 Å². The van der Waals surface area contributed by atoms with Crippen LogP contribution in [0.2, 0.25) is 0 Å². The van der Waals surface area contributed by atoms with Gasteiger partial charge in [0.2, 0.25) is 0 Å². The molecule has 1 heterocycles. The van der Waals surface area contributed by atoms with E-state index in [2.05, 4.69) is 26.4 Å².